The minimum absolute atomic E-state index is 0.159. The van der Waals surface area contributed by atoms with Crippen LogP contribution in [0.25, 0.3) is 0 Å². The molecule has 0 N–H and O–H groups in total. The van der Waals surface area contributed by atoms with Crippen LogP contribution in [-0.2, 0) is 6.54 Å². The number of nitrogens with zero attached hydrogens (tertiary/aromatic N) is 4. The van der Waals surface area contributed by atoms with E-state index in [4.69, 9.17) is 0 Å². The number of carbonyl (C=O) groups is 1. The van der Waals surface area contributed by atoms with Gasteiger partial charge in [0.15, 0.2) is 0 Å². The van der Waals surface area contributed by atoms with Crippen molar-refractivity contribution >= 4 is 5.91 Å². The molecule has 1 aliphatic carbocycles. The van der Waals surface area contributed by atoms with Crippen molar-refractivity contribution in [2.24, 2.45) is 5.41 Å². The van der Waals surface area contributed by atoms with Crippen molar-refractivity contribution < 1.29 is 4.79 Å². The van der Waals surface area contributed by atoms with Crippen LogP contribution in [0.3, 0.4) is 0 Å². The van der Waals surface area contributed by atoms with Crippen molar-refractivity contribution in [2.45, 2.75) is 58.9 Å². The number of rotatable bonds is 4. The molecule has 1 atom stereocenters. The van der Waals surface area contributed by atoms with E-state index in [1.807, 2.05) is 18.5 Å². The van der Waals surface area contributed by atoms with Gasteiger partial charge in [-0.25, -0.2) is 0 Å². The summed E-state index contributed by atoms with van der Waals surface area (Å²) in [6.07, 6.45) is 6.54. The number of benzene rings is 1. The van der Waals surface area contributed by atoms with Gasteiger partial charge in [-0.2, -0.15) is 0 Å². The smallest absolute Gasteiger partial charge is 0.253 e. The Kier molecular flexibility index (Phi) is 4.33. The van der Waals surface area contributed by atoms with Crippen LogP contribution in [0.2, 0.25) is 0 Å². The molecule has 2 fully saturated rings. The molecule has 26 heavy (non-hydrogen) atoms. The molecule has 1 saturated carbocycles. The number of hydrogen-bond donors (Lipinski definition) is 0. The molecule has 138 valence electrons. The molecule has 5 nitrogen and oxygen atoms in total. The molecule has 2 heterocycles. The monoisotopic (exact) mass is 352 g/mol. The van der Waals surface area contributed by atoms with Gasteiger partial charge >= 0.3 is 0 Å². The zero-order valence-corrected chi connectivity index (χ0v) is 16.0. The maximum atomic E-state index is 13.2. The second kappa shape index (κ2) is 6.53. The van der Waals surface area contributed by atoms with Gasteiger partial charge < -0.3 is 9.47 Å². The Balaban J connectivity index is 1.62. The zero-order valence-electron chi connectivity index (χ0n) is 16.0. The van der Waals surface area contributed by atoms with Gasteiger partial charge in [-0.05, 0) is 50.7 Å². The van der Waals surface area contributed by atoms with Crippen LogP contribution in [0.4, 0.5) is 0 Å². The van der Waals surface area contributed by atoms with Crippen LogP contribution in [0.1, 0.15) is 65.8 Å². The first kappa shape index (κ1) is 17.3. The number of carbonyl (C=O) groups excluding carboxylic acids is 1. The van der Waals surface area contributed by atoms with Crippen molar-refractivity contribution in [3.63, 3.8) is 0 Å². The summed E-state index contributed by atoms with van der Waals surface area (Å²) >= 11 is 0. The Morgan fingerprint density at radius 2 is 1.96 bits per heavy atom. The number of aryl methyl sites for hydroxylation is 3. The highest BCUT2D eigenvalue weighted by Gasteiger charge is 2.53. The summed E-state index contributed by atoms with van der Waals surface area (Å²) in [6, 6.07) is 6.13. The van der Waals surface area contributed by atoms with Gasteiger partial charge in [0.2, 0.25) is 0 Å². The largest absolute Gasteiger partial charge is 0.337 e. The van der Waals surface area contributed by atoms with E-state index in [0.29, 0.717) is 5.92 Å². The van der Waals surface area contributed by atoms with Gasteiger partial charge in [-0.15, -0.1) is 10.2 Å². The van der Waals surface area contributed by atoms with E-state index in [0.717, 1.165) is 48.6 Å². The van der Waals surface area contributed by atoms with Crippen molar-refractivity contribution in [1.29, 1.82) is 0 Å². The Labute approximate surface area is 155 Å². The molecule has 1 saturated heterocycles. The Morgan fingerprint density at radius 3 is 2.58 bits per heavy atom. The quantitative estimate of drug-likeness (QED) is 0.843. The van der Waals surface area contributed by atoms with E-state index < -0.39 is 0 Å². The minimum Gasteiger partial charge on any atom is -0.337 e. The maximum Gasteiger partial charge on any atom is 0.253 e. The second-order valence-electron chi connectivity index (χ2n) is 8.21. The van der Waals surface area contributed by atoms with Gasteiger partial charge in [-0.3, -0.25) is 4.79 Å². The molecule has 2 aromatic rings. The molecular formula is C21H28N4O. The molecule has 5 heteroatoms. The fourth-order valence-electron chi connectivity index (χ4n) is 4.84. The lowest BCUT2D eigenvalue weighted by molar-refractivity contribution is 0.0723. The van der Waals surface area contributed by atoms with Crippen molar-refractivity contribution in [3.05, 3.63) is 47.0 Å². The first-order chi connectivity index (χ1) is 12.5. The molecule has 0 bridgehead atoms. The SMILES string of the molecule is CCCn1cnnc1C1CN(C(=O)c2cc(C)cc(C)c2)CC12CCC2. The van der Waals surface area contributed by atoms with Crippen LogP contribution >= 0.6 is 0 Å². The summed E-state index contributed by atoms with van der Waals surface area (Å²) in [4.78, 5) is 15.2. The van der Waals surface area contributed by atoms with Gasteiger partial charge in [0, 0.05) is 31.1 Å². The molecule has 0 radical (unpaired) electrons. The average molecular weight is 352 g/mol. The summed E-state index contributed by atoms with van der Waals surface area (Å²) < 4.78 is 2.19. The Bertz CT molecular complexity index is 801. The van der Waals surface area contributed by atoms with Gasteiger partial charge in [0.05, 0.1) is 0 Å². The predicted octanol–water partition coefficient (Wildman–Crippen LogP) is 3.71. The highest BCUT2D eigenvalue weighted by atomic mass is 16.2. The third-order valence-corrected chi connectivity index (χ3v) is 6.17. The summed E-state index contributed by atoms with van der Waals surface area (Å²) in [6.45, 7) is 8.83. The fourth-order valence-corrected chi connectivity index (χ4v) is 4.84. The Morgan fingerprint density at radius 1 is 1.23 bits per heavy atom. The second-order valence-corrected chi connectivity index (χ2v) is 8.21. The third kappa shape index (κ3) is 2.83. The van der Waals surface area contributed by atoms with Crippen LogP contribution in [0.5, 0.6) is 0 Å². The normalized spacial score (nSPS) is 21.2. The van der Waals surface area contributed by atoms with E-state index in [-0.39, 0.29) is 11.3 Å². The first-order valence-corrected chi connectivity index (χ1v) is 9.78. The molecule has 1 unspecified atom stereocenters. The molecule has 4 rings (SSSR count). The third-order valence-electron chi connectivity index (χ3n) is 6.17. The van der Waals surface area contributed by atoms with Crippen molar-refractivity contribution in [1.82, 2.24) is 19.7 Å². The van der Waals surface area contributed by atoms with E-state index in [1.54, 1.807) is 0 Å². The van der Waals surface area contributed by atoms with E-state index in [9.17, 15) is 4.79 Å². The lowest BCUT2D eigenvalue weighted by Gasteiger charge is -2.42. The zero-order chi connectivity index (χ0) is 18.3. The predicted molar refractivity (Wildman–Crippen MR) is 101 cm³/mol. The maximum absolute atomic E-state index is 13.2. The lowest BCUT2D eigenvalue weighted by atomic mass is 9.62. The lowest BCUT2D eigenvalue weighted by Crippen LogP contribution is -2.38. The molecule has 1 amide bonds. The molecule has 1 aromatic carbocycles. The van der Waals surface area contributed by atoms with Crippen LogP contribution in [-0.4, -0.2) is 38.7 Å². The number of likely N-dealkylation sites (tertiary alicyclic amines) is 1. The van der Waals surface area contributed by atoms with Gasteiger partial charge in [0.1, 0.15) is 12.2 Å². The molecule has 1 aromatic heterocycles. The highest BCUT2D eigenvalue weighted by Crippen LogP contribution is 2.55. The molecule has 1 aliphatic heterocycles. The molecule has 1 spiro atoms. The van der Waals surface area contributed by atoms with Crippen molar-refractivity contribution in [3.8, 4) is 0 Å². The average Bonchev–Trinajstić information content (AvgIpc) is 3.17. The minimum atomic E-state index is 0.159. The van der Waals surface area contributed by atoms with Gasteiger partial charge in [-0.1, -0.05) is 30.5 Å². The van der Waals surface area contributed by atoms with Crippen LogP contribution < -0.4 is 0 Å². The fraction of sp³-hybridized carbons (Fsp3) is 0.571. The number of aromatic nitrogens is 3. The molecule has 2 aliphatic rings. The summed E-state index contributed by atoms with van der Waals surface area (Å²) in [5.74, 6) is 1.54. The van der Waals surface area contributed by atoms with E-state index in [2.05, 4.69) is 46.5 Å². The molecular weight excluding hydrogens is 324 g/mol. The number of amides is 1. The summed E-state index contributed by atoms with van der Waals surface area (Å²) in [5, 5.41) is 8.63. The van der Waals surface area contributed by atoms with E-state index >= 15 is 0 Å². The summed E-state index contributed by atoms with van der Waals surface area (Å²) in [7, 11) is 0. The first-order valence-electron chi connectivity index (χ1n) is 9.78. The van der Waals surface area contributed by atoms with Gasteiger partial charge in [0.25, 0.3) is 5.91 Å². The number of hydrogen-bond acceptors (Lipinski definition) is 3. The standard InChI is InChI=1S/C21H28N4O/c1-4-8-24-14-22-23-19(24)18-12-25(13-21(18)6-5-7-21)20(26)17-10-15(2)9-16(3)11-17/h9-11,14,18H,4-8,12-13H2,1-3H3. The topological polar surface area (TPSA) is 51.0 Å². The summed E-state index contributed by atoms with van der Waals surface area (Å²) in [5.41, 5.74) is 3.30. The van der Waals surface area contributed by atoms with Crippen molar-refractivity contribution in [2.75, 3.05) is 13.1 Å². The Hall–Kier alpha value is -2.17. The van der Waals surface area contributed by atoms with Crippen LogP contribution in [0, 0.1) is 19.3 Å². The van der Waals surface area contributed by atoms with E-state index in [1.165, 1.54) is 19.3 Å². The highest BCUT2D eigenvalue weighted by molar-refractivity contribution is 5.95. The van der Waals surface area contributed by atoms with Crippen LogP contribution in [0.15, 0.2) is 24.5 Å².